The number of nitrogens with two attached hydrogens (primary N) is 1. The van der Waals surface area contributed by atoms with E-state index in [1.54, 1.807) is 12.1 Å². The maximum atomic E-state index is 11.0. The Kier molecular flexibility index (Phi) is 2.87. The van der Waals surface area contributed by atoms with Gasteiger partial charge < -0.3 is 5.73 Å². The molecule has 0 saturated carbocycles. The topological polar surface area (TPSA) is 72.6 Å². The second-order valence-electron chi connectivity index (χ2n) is 2.65. The molecular formula is C9H11NO3. The van der Waals surface area contributed by atoms with Crippen LogP contribution < -0.4 is 5.73 Å². The van der Waals surface area contributed by atoms with Gasteiger partial charge >= 0.3 is 5.97 Å². The Morgan fingerprint density at radius 1 is 1.62 bits per heavy atom. The van der Waals surface area contributed by atoms with Crippen LogP contribution in [-0.4, -0.2) is 11.2 Å². The zero-order valence-corrected chi connectivity index (χ0v) is 7.28. The van der Waals surface area contributed by atoms with E-state index in [-0.39, 0.29) is 0 Å². The molecule has 1 rings (SSSR count). The van der Waals surface area contributed by atoms with Gasteiger partial charge in [-0.05, 0) is 30.2 Å². The molecule has 0 aromatic heterocycles. The minimum atomic E-state index is -0.753. The molecule has 4 nitrogen and oxygen atoms in total. The van der Waals surface area contributed by atoms with E-state index >= 15 is 0 Å². The van der Waals surface area contributed by atoms with E-state index in [1.807, 2.05) is 6.92 Å². The molecule has 13 heavy (non-hydrogen) atoms. The second-order valence-corrected chi connectivity index (χ2v) is 2.65. The Morgan fingerprint density at radius 3 is 2.85 bits per heavy atom. The minimum Gasteiger partial charge on any atom is -0.399 e. The van der Waals surface area contributed by atoms with Crippen LogP contribution in [0.25, 0.3) is 0 Å². The lowest BCUT2D eigenvalue weighted by Crippen LogP contribution is -2.06. The van der Waals surface area contributed by atoms with Gasteiger partial charge in [0.2, 0.25) is 0 Å². The Morgan fingerprint density at radius 2 is 2.31 bits per heavy atom. The SMILES string of the molecule is CCc1cc(N)ccc1C(=O)OO. The number of hydrogen-bond acceptors (Lipinski definition) is 4. The van der Waals surface area contributed by atoms with Crippen LogP contribution in [0.2, 0.25) is 0 Å². The van der Waals surface area contributed by atoms with Gasteiger partial charge in [0.15, 0.2) is 0 Å². The number of rotatable bonds is 2. The average Bonchev–Trinajstić information content (AvgIpc) is 2.16. The quantitative estimate of drug-likeness (QED) is 0.411. The smallest absolute Gasteiger partial charge is 0.373 e. The zero-order chi connectivity index (χ0) is 9.84. The normalized spacial score (nSPS) is 9.69. The first-order chi connectivity index (χ1) is 6.19. The third-order valence-electron chi connectivity index (χ3n) is 1.81. The molecule has 0 spiro atoms. The van der Waals surface area contributed by atoms with Gasteiger partial charge in [0.25, 0.3) is 0 Å². The van der Waals surface area contributed by atoms with Gasteiger partial charge in [0.1, 0.15) is 0 Å². The highest BCUT2D eigenvalue weighted by Crippen LogP contribution is 2.14. The van der Waals surface area contributed by atoms with Crippen molar-refractivity contribution in [1.29, 1.82) is 0 Å². The summed E-state index contributed by atoms with van der Waals surface area (Å²) in [4.78, 5) is 14.6. The van der Waals surface area contributed by atoms with Crippen LogP contribution in [0.1, 0.15) is 22.8 Å². The zero-order valence-electron chi connectivity index (χ0n) is 7.28. The molecule has 70 valence electrons. The van der Waals surface area contributed by atoms with Crippen molar-refractivity contribution in [2.45, 2.75) is 13.3 Å². The van der Waals surface area contributed by atoms with Crippen molar-refractivity contribution in [2.24, 2.45) is 0 Å². The van der Waals surface area contributed by atoms with E-state index in [0.29, 0.717) is 17.7 Å². The Hall–Kier alpha value is -1.55. The summed E-state index contributed by atoms with van der Waals surface area (Å²) in [7, 11) is 0. The van der Waals surface area contributed by atoms with Crippen LogP contribution in [-0.2, 0) is 11.3 Å². The molecule has 0 radical (unpaired) electrons. The monoisotopic (exact) mass is 181 g/mol. The van der Waals surface area contributed by atoms with Crippen LogP contribution in [0, 0.1) is 0 Å². The molecule has 0 bridgehead atoms. The number of nitrogen functional groups attached to an aromatic ring is 1. The summed E-state index contributed by atoms with van der Waals surface area (Å²) in [6.45, 7) is 1.89. The van der Waals surface area contributed by atoms with Gasteiger partial charge in [-0.3, -0.25) is 4.89 Å². The highest BCUT2D eigenvalue weighted by molar-refractivity contribution is 5.91. The highest BCUT2D eigenvalue weighted by Gasteiger charge is 2.11. The molecule has 0 aliphatic carbocycles. The highest BCUT2D eigenvalue weighted by atomic mass is 17.1. The van der Waals surface area contributed by atoms with Crippen LogP contribution in [0.4, 0.5) is 5.69 Å². The number of anilines is 1. The predicted molar refractivity (Wildman–Crippen MR) is 48.3 cm³/mol. The molecule has 0 atom stereocenters. The van der Waals surface area contributed by atoms with Crippen molar-refractivity contribution in [1.82, 2.24) is 0 Å². The number of carbonyl (C=O) groups is 1. The van der Waals surface area contributed by atoms with Crippen molar-refractivity contribution >= 4 is 11.7 Å². The number of aryl methyl sites for hydroxylation is 1. The summed E-state index contributed by atoms with van der Waals surface area (Å²) in [5, 5.41) is 8.20. The lowest BCUT2D eigenvalue weighted by Gasteiger charge is -2.04. The first-order valence-electron chi connectivity index (χ1n) is 3.93. The fourth-order valence-corrected chi connectivity index (χ4v) is 1.15. The van der Waals surface area contributed by atoms with Gasteiger partial charge in [0, 0.05) is 5.69 Å². The standard InChI is InChI=1S/C9H11NO3/c1-2-6-5-7(10)3-4-8(6)9(11)13-12/h3-5,12H,2,10H2,1H3. The van der Waals surface area contributed by atoms with Crippen molar-refractivity contribution in [2.75, 3.05) is 5.73 Å². The average molecular weight is 181 g/mol. The van der Waals surface area contributed by atoms with Crippen LogP contribution in [0.3, 0.4) is 0 Å². The van der Waals surface area contributed by atoms with Gasteiger partial charge in [0.05, 0.1) is 5.56 Å². The summed E-state index contributed by atoms with van der Waals surface area (Å²) >= 11 is 0. The number of hydrogen-bond donors (Lipinski definition) is 2. The molecule has 1 aromatic carbocycles. The fraction of sp³-hybridized carbons (Fsp3) is 0.222. The van der Waals surface area contributed by atoms with Gasteiger partial charge in [-0.15, -0.1) is 0 Å². The van der Waals surface area contributed by atoms with E-state index < -0.39 is 5.97 Å². The summed E-state index contributed by atoms with van der Waals surface area (Å²) in [5.74, 6) is -0.753. The number of benzene rings is 1. The summed E-state index contributed by atoms with van der Waals surface area (Å²) in [6, 6.07) is 4.81. The first kappa shape index (κ1) is 9.54. The maximum Gasteiger partial charge on any atom is 0.373 e. The molecule has 0 fully saturated rings. The molecule has 1 aromatic rings. The van der Waals surface area contributed by atoms with E-state index in [0.717, 1.165) is 5.56 Å². The Bertz CT molecular complexity index is 323. The van der Waals surface area contributed by atoms with Crippen molar-refractivity contribution < 1.29 is 14.9 Å². The van der Waals surface area contributed by atoms with E-state index in [2.05, 4.69) is 4.89 Å². The van der Waals surface area contributed by atoms with E-state index in [1.165, 1.54) is 6.07 Å². The molecule has 0 unspecified atom stereocenters. The first-order valence-corrected chi connectivity index (χ1v) is 3.93. The van der Waals surface area contributed by atoms with Crippen molar-refractivity contribution in [3.05, 3.63) is 29.3 Å². The largest absolute Gasteiger partial charge is 0.399 e. The summed E-state index contributed by atoms with van der Waals surface area (Å²) in [5.41, 5.74) is 7.23. The van der Waals surface area contributed by atoms with E-state index in [9.17, 15) is 4.79 Å². The molecule has 0 saturated heterocycles. The molecular weight excluding hydrogens is 170 g/mol. The maximum absolute atomic E-state index is 11.0. The third-order valence-corrected chi connectivity index (χ3v) is 1.81. The van der Waals surface area contributed by atoms with Gasteiger partial charge in [-0.1, -0.05) is 6.92 Å². The van der Waals surface area contributed by atoms with Gasteiger partial charge in [-0.25, -0.2) is 4.79 Å². The predicted octanol–water partition coefficient (Wildman–Crippen LogP) is 1.46. The van der Waals surface area contributed by atoms with Crippen molar-refractivity contribution in [3.8, 4) is 0 Å². The lowest BCUT2D eigenvalue weighted by molar-refractivity contribution is -0.182. The molecule has 0 aliphatic heterocycles. The summed E-state index contributed by atoms with van der Waals surface area (Å²) < 4.78 is 0. The van der Waals surface area contributed by atoms with Gasteiger partial charge in [-0.2, -0.15) is 5.26 Å². The van der Waals surface area contributed by atoms with Crippen LogP contribution in [0.15, 0.2) is 18.2 Å². The minimum absolute atomic E-state index is 0.346. The van der Waals surface area contributed by atoms with Crippen LogP contribution >= 0.6 is 0 Å². The lowest BCUT2D eigenvalue weighted by atomic mass is 10.0. The van der Waals surface area contributed by atoms with E-state index in [4.69, 9.17) is 11.0 Å². The van der Waals surface area contributed by atoms with Crippen molar-refractivity contribution in [3.63, 3.8) is 0 Å². The third kappa shape index (κ3) is 1.97. The molecule has 0 aliphatic rings. The Labute approximate surface area is 75.9 Å². The molecule has 4 heteroatoms. The fourth-order valence-electron chi connectivity index (χ4n) is 1.15. The molecule has 0 heterocycles. The molecule has 0 amide bonds. The molecule has 3 N–H and O–H groups in total. The summed E-state index contributed by atoms with van der Waals surface area (Å²) in [6.07, 6.45) is 0.662. The Balaban J connectivity index is 3.13. The number of carbonyl (C=O) groups excluding carboxylic acids is 1. The van der Waals surface area contributed by atoms with Crippen LogP contribution in [0.5, 0.6) is 0 Å². The second kappa shape index (κ2) is 3.91.